The van der Waals surface area contributed by atoms with E-state index in [1.807, 2.05) is 36.4 Å². The molecule has 0 aliphatic carbocycles. The maximum absolute atomic E-state index is 12.3. The molecule has 0 aromatic heterocycles. The minimum atomic E-state index is -0.113. The quantitative estimate of drug-likeness (QED) is 0.833. The smallest absolute Gasteiger partial charge is 0.255 e. The van der Waals surface area contributed by atoms with Crippen LogP contribution in [0.5, 0.6) is 0 Å². The average Bonchev–Trinajstić information content (AvgIpc) is 2.48. The first kappa shape index (κ1) is 15.2. The van der Waals surface area contributed by atoms with Crippen LogP contribution in [0.2, 0.25) is 0 Å². The second-order valence-corrected chi connectivity index (χ2v) is 5.33. The fourth-order valence-corrected chi connectivity index (χ4v) is 2.29. The summed E-state index contributed by atoms with van der Waals surface area (Å²) in [6, 6.07) is 15.1. The Morgan fingerprint density at radius 3 is 2.43 bits per heavy atom. The van der Waals surface area contributed by atoms with E-state index in [2.05, 4.69) is 12.2 Å². The maximum Gasteiger partial charge on any atom is 0.255 e. The standard InChI is InChI=1S/C17H18N2OS/c1-2-13-5-3-4-6-15(13)19-17(20)14-9-7-12(8-10-14)11-16(18)21/h3-10H,2,11H2,1H3,(H2,18,21)(H,19,20). The van der Waals surface area contributed by atoms with Crippen molar-refractivity contribution in [2.24, 2.45) is 5.73 Å². The third-order valence-electron chi connectivity index (χ3n) is 3.24. The lowest BCUT2D eigenvalue weighted by atomic mass is 10.1. The number of carbonyl (C=O) groups excluding carboxylic acids is 1. The normalized spacial score (nSPS) is 10.1. The molecule has 0 atom stereocenters. The van der Waals surface area contributed by atoms with Crippen LogP contribution in [0, 0.1) is 0 Å². The lowest BCUT2D eigenvalue weighted by Gasteiger charge is -2.10. The van der Waals surface area contributed by atoms with Crippen molar-refractivity contribution in [1.29, 1.82) is 0 Å². The van der Waals surface area contributed by atoms with Crippen LogP contribution < -0.4 is 11.1 Å². The molecule has 108 valence electrons. The van der Waals surface area contributed by atoms with Gasteiger partial charge in [0.1, 0.15) is 0 Å². The summed E-state index contributed by atoms with van der Waals surface area (Å²) in [7, 11) is 0. The summed E-state index contributed by atoms with van der Waals surface area (Å²) in [6.45, 7) is 2.06. The van der Waals surface area contributed by atoms with Gasteiger partial charge in [0.2, 0.25) is 0 Å². The third kappa shape index (κ3) is 4.13. The van der Waals surface area contributed by atoms with Crippen LogP contribution >= 0.6 is 12.2 Å². The van der Waals surface area contributed by atoms with Crippen LogP contribution in [0.25, 0.3) is 0 Å². The molecule has 21 heavy (non-hydrogen) atoms. The van der Waals surface area contributed by atoms with E-state index in [1.54, 1.807) is 12.1 Å². The Hall–Kier alpha value is -2.20. The highest BCUT2D eigenvalue weighted by molar-refractivity contribution is 7.80. The van der Waals surface area contributed by atoms with Crippen LogP contribution in [0.1, 0.15) is 28.4 Å². The molecule has 0 heterocycles. The van der Waals surface area contributed by atoms with E-state index < -0.39 is 0 Å². The molecule has 3 nitrogen and oxygen atoms in total. The van der Waals surface area contributed by atoms with Crippen molar-refractivity contribution in [3.8, 4) is 0 Å². The molecular weight excluding hydrogens is 280 g/mol. The highest BCUT2D eigenvalue weighted by Gasteiger charge is 2.08. The molecule has 0 aliphatic rings. The van der Waals surface area contributed by atoms with Gasteiger partial charge < -0.3 is 11.1 Å². The number of aryl methyl sites for hydroxylation is 1. The number of anilines is 1. The number of carbonyl (C=O) groups is 1. The molecule has 4 heteroatoms. The molecule has 2 aromatic carbocycles. The zero-order valence-electron chi connectivity index (χ0n) is 11.9. The van der Waals surface area contributed by atoms with Crippen molar-refractivity contribution < 1.29 is 4.79 Å². The first-order valence-electron chi connectivity index (χ1n) is 6.86. The van der Waals surface area contributed by atoms with E-state index in [0.717, 1.165) is 23.2 Å². The Kier molecular flexibility index (Phi) is 5.06. The summed E-state index contributed by atoms with van der Waals surface area (Å²) >= 11 is 4.87. The minimum absolute atomic E-state index is 0.113. The van der Waals surface area contributed by atoms with Crippen LogP contribution in [0.15, 0.2) is 48.5 Å². The molecule has 2 aromatic rings. The van der Waals surface area contributed by atoms with E-state index in [1.165, 1.54) is 0 Å². The van der Waals surface area contributed by atoms with Gasteiger partial charge in [0.25, 0.3) is 5.91 Å². The Bertz CT molecular complexity index is 650. The largest absolute Gasteiger partial charge is 0.393 e. The Balaban J connectivity index is 2.11. The van der Waals surface area contributed by atoms with Crippen molar-refractivity contribution in [2.75, 3.05) is 5.32 Å². The summed E-state index contributed by atoms with van der Waals surface area (Å²) in [6.07, 6.45) is 1.43. The molecule has 0 unspecified atom stereocenters. The molecule has 3 N–H and O–H groups in total. The highest BCUT2D eigenvalue weighted by atomic mass is 32.1. The van der Waals surface area contributed by atoms with Gasteiger partial charge in [-0.25, -0.2) is 0 Å². The second-order valence-electron chi connectivity index (χ2n) is 4.80. The van der Waals surface area contributed by atoms with E-state index in [0.29, 0.717) is 17.0 Å². The van der Waals surface area contributed by atoms with Gasteiger partial charge in [-0.2, -0.15) is 0 Å². The van der Waals surface area contributed by atoms with Gasteiger partial charge in [-0.1, -0.05) is 49.5 Å². The second kappa shape index (κ2) is 6.99. The van der Waals surface area contributed by atoms with Gasteiger partial charge in [-0.15, -0.1) is 0 Å². The number of thiocarbonyl (C=S) groups is 1. The third-order valence-corrected chi connectivity index (χ3v) is 3.39. The molecule has 2 rings (SSSR count). The fraction of sp³-hybridized carbons (Fsp3) is 0.176. The van der Waals surface area contributed by atoms with E-state index in [4.69, 9.17) is 18.0 Å². The molecule has 0 saturated carbocycles. The average molecular weight is 298 g/mol. The predicted octanol–water partition coefficient (Wildman–Crippen LogP) is 3.33. The number of nitrogens with one attached hydrogen (secondary N) is 1. The summed E-state index contributed by atoms with van der Waals surface area (Å²) in [5.41, 5.74) is 9.11. The first-order chi connectivity index (χ1) is 10.1. The maximum atomic E-state index is 12.3. The summed E-state index contributed by atoms with van der Waals surface area (Å²) in [5, 5.41) is 2.95. The first-order valence-corrected chi connectivity index (χ1v) is 7.27. The molecule has 0 bridgehead atoms. The number of hydrogen-bond acceptors (Lipinski definition) is 2. The number of para-hydroxylation sites is 1. The van der Waals surface area contributed by atoms with Gasteiger partial charge in [0.15, 0.2) is 0 Å². The predicted molar refractivity (Wildman–Crippen MR) is 90.7 cm³/mol. The van der Waals surface area contributed by atoms with E-state index >= 15 is 0 Å². The van der Waals surface area contributed by atoms with Gasteiger partial charge in [-0.3, -0.25) is 4.79 Å². The molecule has 0 aliphatic heterocycles. The number of hydrogen-bond donors (Lipinski definition) is 2. The van der Waals surface area contributed by atoms with Crippen molar-refractivity contribution in [3.05, 3.63) is 65.2 Å². The molecule has 0 spiro atoms. The number of amides is 1. The molecule has 0 fully saturated rings. The Morgan fingerprint density at radius 1 is 1.14 bits per heavy atom. The summed E-state index contributed by atoms with van der Waals surface area (Å²) in [5.74, 6) is -0.113. The van der Waals surface area contributed by atoms with Crippen molar-refractivity contribution in [2.45, 2.75) is 19.8 Å². The van der Waals surface area contributed by atoms with Gasteiger partial charge >= 0.3 is 0 Å². The van der Waals surface area contributed by atoms with Crippen molar-refractivity contribution >= 4 is 28.8 Å². The minimum Gasteiger partial charge on any atom is -0.393 e. The topological polar surface area (TPSA) is 55.1 Å². The summed E-state index contributed by atoms with van der Waals surface area (Å²) in [4.78, 5) is 12.7. The van der Waals surface area contributed by atoms with Crippen LogP contribution in [-0.4, -0.2) is 10.9 Å². The van der Waals surface area contributed by atoms with Crippen LogP contribution in [-0.2, 0) is 12.8 Å². The number of nitrogens with two attached hydrogens (primary N) is 1. The SMILES string of the molecule is CCc1ccccc1NC(=O)c1ccc(CC(N)=S)cc1. The van der Waals surface area contributed by atoms with Gasteiger partial charge in [-0.05, 0) is 35.7 Å². The lowest BCUT2D eigenvalue weighted by molar-refractivity contribution is 0.102. The van der Waals surface area contributed by atoms with Gasteiger partial charge in [0.05, 0.1) is 4.99 Å². The monoisotopic (exact) mass is 298 g/mol. The van der Waals surface area contributed by atoms with Crippen LogP contribution in [0.3, 0.4) is 0 Å². The zero-order chi connectivity index (χ0) is 15.2. The summed E-state index contributed by atoms with van der Waals surface area (Å²) < 4.78 is 0. The van der Waals surface area contributed by atoms with Crippen molar-refractivity contribution in [1.82, 2.24) is 0 Å². The Morgan fingerprint density at radius 2 is 1.81 bits per heavy atom. The fourth-order valence-electron chi connectivity index (χ4n) is 2.12. The molecule has 0 radical (unpaired) electrons. The molecule has 0 saturated heterocycles. The zero-order valence-corrected chi connectivity index (χ0v) is 12.7. The Labute approximate surface area is 130 Å². The number of rotatable bonds is 5. The number of benzene rings is 2. The molecular formula is C17H18N2OS. The van der Waals surface area contributed by atoms with E-state index in [9.17, 15) is 4.79 Å². The van der Waals surface area contributed by atoms with E-state index in [-0.39, 0.29) is 5.91 Å². The van der Waals surface area contributed by atoms with Crippen LogP contribution in [0.4, 0.5) is 5.69 Å². The highest BCUT2D eigenvalue weighted by Crippen LogP contribution is 2.17. The lowest BCUT2D eigenvalue weighted by Crippen LogP contribution is -2.14. The molecule has 1 amide bonds. The van der Waals surface area contributed by atoms with Crippen molar-refractivity contribution in [3.63, 3.8) is 0 Å². The van der Waals surface area contributed by atoms with Gasteiger partial charge in [0, 0.05) is 17.7 Å².